The molecular weight excluding hydrogens is 332 g/mol. The van der Waals surface area contributed by atoms with Gasteiger partial charge in [-0.05, 0) is 26.5 Å². The number of H-pyrrole nitrogens is 1. The molecule has 1 aliphatic rings. The van der Waals surface area contributed by atoms with E-state index in [1.807, 2.05) is 25.2 Å². The lowest BCUT2D eigenvalue weighted by atomic mass is 9.98. The Morgan fingerprint density at radius 2 is 2.08 bits per heavy atom. The monoisotopic (exact) mass is 356 g/mol. The van der Waals surface area contributed by atoms with E-state index in [1.54, 1.807) is 13.8 Å². The molecule has 2 atom stereocenters. The molecule has 1 aromatic heterocycles. The number of amides is 1. The molecule has 1 saturated heterocycles. The lowest BCUT2D eigenvalue weighted by Gasteiger charge is -2.39. The van der Waals surface area contributed by atoms with Crippen molar-refractivity contribution in [3.63, 3.8) is 0 Å². The van der Waals surface area contributed by atoms with Gasteiger partial charge in [0, 0.05) is 18.8 Å². The third-order valence-corrected chi connectivity index (χ3v) is 4.76. The van der Waals surface area contributed by atoms with Gasteiger partial charge in [-0.2, -0.15) is 0 Å². The zero-order chi connectivity index (χ0) is 18.7. The number of aryl methyl sites for hydroxylation is 2. The highest BCUT2D eigenvalue weighted by atomic mass is 16.5. The van der Waals surface area contributed by atoms with Crippen molar-refractivity contribution >= 4 is 5.91 Å². The van der Waals surface area contributed by atoms with E-state index in [4.69, 9.17) is 4.74 Å². The smallest absolute Gasteiger partial charge is 0.279 e. The van der Waals surface area contributed by atoms with Crippen LogP contribution in [-0.2, 0) is 4.74 Å². The predicted molar refractivity (Wildman–Crippen MR) is 98.2 cm³/mol. The molecule has 0 spiro atoms. The number of nitrogens with one attached hydrogen (secondary N) is 2. The van der Waals surface area contributed by atoms with E-state index in [0.29, 0.717) is 24.5 Å². The SMILES string of the molecule is Cc1nc(C(=O)NC[C@@H]2OCCN(C)[C@H]2c2ccccc2)c(=O)[nH]c1C. The first-order valence-electron chi connectivity index (χ1n) is 8.70. The van der Waals surface area contributed by atoms with Crippen molar-refractivity contribution in [2.45, 2.75) is 26.0 Å². The number of carbonyl (C=O) groups excluding carboxylic acids is 1. The maximum atomic E-state index is 12.4. The zero-order valence-electron chi connectivity index (χ0n) is 15.3. The summed E-state index contributed by atoms with van der Waals surface area (Å²) in [4.78, 5) is 33.4. The van der Waals surface area contributed by atoms with Crippen LogP contribution in [0.5, 0.6) is 0 Å². The average molecular weight is 356 g/mol. The van der Waals surface area contributed by atoms with Crippen LogP contribution in [0.25, 0.3) is 0 Å². The predicted octanol–water partition coefficient (Wildman–Crippen LogP) is 1.19. The van der Waals surface area contributed by atoms with Crippen molar-refractivity contribution in [3.05, 3.63) is 63.3 Å². The topological polar surface area (TPSA) is 87.3 Å². The molecule has 2 aromatic rings. The standard InChI is InChI=1S/C19H24N4O3/c1-12-13(2)22-19(25)16(21-12)18(24)20-11-15-17(23(3)9-10-26-15)14-7-5-4-6-8-14/h4-8,15,17H,9-11H2,1-3H3,(H,20,24)(H,22,25)/t15-,17-/m0/s1. The first kappa shape index (κ1) is 18.3. The van der Waals surface area contributed by atoms with Crippen LogP contribution in [0.2, 0.25) is 0 Å². The largest absolute Gasteiger partial charge is 0.373 e. The van der Waals surface area contributed by atoms with Crippen LogP contribution in [0.3, 0.4) is 0 Å². The first-order chi connectivity index (χ1) is 12.5. The molecule has 2 heterocycles. The molecule has 2 N–H and O–H groups in total. The second-order valence-corrected chi connectivity index (χ2v) is 6.58. The Hall–Kier alpha value is -2.51. The van der Waals surface area contributed by atoms with Crippen molar-refractivity contribution in [1.29, 1.82) is 0 Å². The fourth-order valence-corrected chi connectivity index (χ4v) is 3.21. The minimum Gasteiger partial charge on any atom is -0.373 e. The van der Waals surface area contributed by atoms with Crippen molar-refractivity contribution in [2.24, 2.45) is 0 Å². The molecule has 0 unspecified atom stereocenters. The Morgan fingerprint density at radius 3 is 2.81 bits per heavy atom. The van der Waals surface area contributed by atoms with Gasteiger partial charge >= 0.3 is 0 Å². The third-order valence-electron chi connectivity index (χ3n) is 4.76. The van der Waals surface area contributed by atoms with Gasteiger partial charge in [0.25, 0.3) is 11.5 Å². The zero-order valence-corrected chi connectivity index (χ0v) is 15.3. The lowest BCUT2D eigenvalue weighted by molar-refractivity contribution is -0.0605. The van der Waals surface area contributed by atoms with E-state index in [1.165, 1.54) is 0 Å². The molecule has 138 valence electrons. The van der Waals surface area contributed by atoms with E-state index >= 15 is 0 Å². The van der Waals surface area contributed by atoms with Crippen LogP contribution >= 0.6 is 0 Å². The molecule has 7 heteroatoms. The molecule has 0 bridgehead atoms. The Labute approximate surface area is 152 Å². The Balaban J connectivity index is 1.74. The Morgan fingerprint density at radius 1 is 1.35 bits per heavy atom. The number of ether oxygens (including phenoxy) is 1. The Kier molecular flexibility index (Phi) is 5.49. The van der Waals surface area contributed by atoms with E-state index in [9.17, 15) is 9.59 Å². The summed E-state index contributed by atoms with van der Waals surface area (Å²) in [6, 6.07) is 10.1. The van der Waals surface area contributed by atoms with Crippen LogP contribution in [0.4, 0.5) is 0 Å². The summed E-state index contributed by atoms with van der Waals surface area (Å²) in [6.45, 7) is 5.23. The summed E-state index contributed by atoms with van der Waals surface area (Å²) in [5.74, 6) is -0.488. The second-order valence-electron chi connectivity index (χ2n) is 6.58. The molecule has 3 rings (SSSR count). The normalized spacial score (nSPS) is 20.7. The highest BCUT2D eigenvalue weighted by Gasteiger charge is 2.32. The number of aromatic amines is 1. The number of carbonyl (C=O) groups is 1. The van der Waals surface area contributed by atoms with Crippen LogP contribution in [0.15, 0.2) is 35.1 Å². The maximum absolute atomic E-state index is 12.4. The van der Waals surface area contributed by atoms with Crippen LogP contribution < -0.4 is 10.9 Å². The fraction of sp³-hybridized carbons (Fsp3) is 0.421. The maximum Gasteiger partial charge on any atom is 0.279 e. The van der Waals surface area contributed by atoms with Gasteiger partial charge < -0.3 is 15.0 Å². The number of benzene rings is 1. The van der Waals surface area contributed by atoms with Gasteiger partial charge in [-0.3, -0.25) is 14.5 Å². The molecule has 1 fully saturated rings. The molecule has 26 heavy (non-hydrogen) atoms. The van der Waals surface area contributed by atoms with Crippen molar-refractivity contribution in [3.8, 4) is 0 Å². The second kappa shape index (κ2) is 7.80. The molecule has 0 aliphatic carbocycles. The summed E-state index contributed by atoms with van der Waals surface area (Å²) in [6.07, 6.45) is -0.203. The van der Waals surface area contributed by atoms with Crippen LogP contribution in [-0.4, -0.2) is 53.6 Å². The molecule has 0 radical (unpaired) electrons. The van der Waals surface area contributed by atoms with Gasteiger partial charge in [0.1, 0.15) is 0 Å². The molecule has 1 amide bonds. The third kappa shape index (κ3) is 3.84. The summed E-state index contributed by atoms with van der Waals surface area (Å²) < 4.78 is 5.91. The van der Waals surface area contributed by atoms with Crippen molar-refractivity contribution in [1.82, 2.24) is 20.2 Å². The summed E-state index contributed by atoms with van der Waals surface area (Å²) in [7, 11) is 2.05. The minimum absolute atomic E-state index is 0.0382. The van der Waals surface area contributed by atoms with Gasteiger partial charge in [-0.15, -0.1) is 0 Å². The van der Waals surface area contributed by atoms with Gasteiger partial charge in [0.15, 0.2) is 5.69 Å². The van der Waals surface area contributed by atoms with Crippen LogP contribution in [0, 0.1) is 13.8 Å². The van der Waals surface area contributed by atoms with E-state index < -0.39 is 11.5 Å². The summed E-state index contributed by atoms with van der Waals surface area (Å²) in [5.41, 5.74) is 1.83. The van der Waals surface area contributed by atoms with Gasteiger partial charge in [0.2, 0.25) is 0 Å². The molecular formula is C19H24N4O3. The Bertz CT molecular complexity index is 834. The highest BCUT2D eigenvalue weighted by Crippen LogP contribution is 2.27. The van der Waals surface area contributed by atoms with Crippen molar-refractivity contribution < 1.29 is 9.53 Å². The molecule has 7 nitrogen and oxygen atoms in total. The lowest BCUT2D eigenvalue weighted by Crippen LogP contribution is -2.48. The van der Waals surface area contributed by atoms with Crippen LogP contribution in [0.1, 0.15) is 33.5 Å². The number of hydrogen-bond acceptors (Lipinski definition) is 5. The number of morpholine rings is 1. The van der Waals surface area contributed by atoms with Gasteiger partial charge in [0.05, 0.1) is 24.4 Å². The number of aromatic nitrogens is 2. The number of hydrogen-bond donors (Lipinski definition) is 2. The molecule has 1 aliphatic heterocycles. The van der Waals surface area contributed by atoms with Crippen molar-refractivity contribution in [2.75, 3.05) is 26.7 Å². The average Bonchev–Trinajstić information content (AvgIpc) is 2.63. The fourth-order valence-electron chi connectivity index (χ4n) is 3.21. The van der Waals surface area contributed by atoms with Gasteiger partial charge in [-0.1, -0.05) is 30.3 Å². The minimum atomic E-state index is -0.488. The summed E-state index contributed by atoms with van der Waals surface area (Å²) >= 11 is 0. The van der Waals surface area contributed by atoms with Gasteiger partial charge in [-0.25, -0.2) is 4.98 Å². The van der Waals surface area contributed by atoms with E-state index in [-0.39, 0.29) is 17.8 Å². The molecule has 0 saturated carbocycles. The van der Waals surface area contributed by atoms with E-state index in [2.05, 4.69) is 32.3 Å². The first-order valence-corrected chi connectivity index (χ1v) is 8.70. The molecule has 1 aromatic carbocycles. The number of rotatable bonds is 4. The number of likely N-dealkylation sites (N-methyl/N-ethyl adjacent to an activating group) is 1. The van der Waals surface area contributed by atoms with E-state index in [0.717, 1.165) is 12.1 Å². The summed E-state index contributed by atoms with van der Waals surface area (Å²) in [5, 5.41) is 2.80. The quantitative estimate of drug-likeness (QED) is 0.859. The number of nitrogens with zero attached hydrogens (tertiary/aromatic N) is 2. The highest BCUT2D eigenvalue weighted by molar-refractivity contribution is 5.91.